The molecule has 112 valence electrons. The molecule has 20 heavy (non-hydrogen) atoms. The normalized spacial score (nSPS) is 16.2. The fourth-order valence-corrected chi connectivity index (χ4v) is 2.55. The Morgan fingerprint density at radius 2 is 2.25 bits per heavy atom. The van der Waals surface area contributed by atoms with Crippen molar-refractivity contribution in [3.63, 3.8) is 0 Å². The molecule has 0 amide bonds. The molecule has 1 atom stereocenters. The summed E-state index contributed by atoms with van der Waals surface area (Å²) in [6.07, 6.45) is 3.09. The molecule has 0 fully saturated rings. The lowest BCUT2D eigenvalue weighted by Gasteiger charge is -2.26. The van der Waals surface area contributed by atoms with Crippen molar-refractivity contribution >= 4 is 5.69 Å². The Kier molecular flexibility index (Phi) is 6.15. The van der Waals surface area contributed by atoms with E-state index in [-0.39, 0.29) is 12.6 Å². The van der Waals surface area contributed by atoms with Crippen LogP contribution in [0.1, 0.15) is 26.2 Å². The lowest BCUT2D eigenvalue weighted by Crippen LogP contribution is -2.37. The van der Waals surface area contributed by atoms with E-state index in [0.717, 1.165) is 51.3 Å². The van der Waals surface area contributed by atoms with Gasteiger partial charge < -0.3 is 20.1 Å². The number of benzene rings is 1. The van der Waals surface area contributed by atoms with Crippen LogP contribution in [0.5, 0.6) is 5.75 Å². The smallest absolute Gasteiger partial charge is 0.142 e. The summed E-state index contributed by atoms with van der Waals surface area (Å²) >= 11 is 0. The van der Waals surface area contributed by atoms with E-state index in [9.17, 15) is 5.11 Å². The second kappa shape index (κ2) is 8.12. The predicted octanol–water partition coefficient (Wildman–Crippen LogP) is 2.03. The van der Waals surface area contributed by atoms with Gasteiger partial charge in [0.15, 0.2) is 0 Å². The van der Waals surface area contributed by atoms with Crippen LogP contribution in [-0.2, 0) is 0 Å². The molecule has 0 aromatic heterocycles. The molecule has 1 unspecified atom stereocenters. The summed E-state index contributed by atoms with van der Waals surface area (Å²) in [5, 5.41) is 12.8. The maximum Gasteiger partial charge on any atom is 0.142 e. The average molecular weight is 278 g/mol. The number of nitrogens with one attached hydrogen (secondary N) is 1. The van der Waals surface area contributed by atoms with E-state index in [0.29, 0.717) is 0 Å². The summed E-state index contributed by atoms with van der Waals surface area (Å²) in [5.74, 6) is 0.979. The van der Waals surface area contributed by atoms with Gasteiger partial charge in [-0.2, -0.15) is 0 Å². The Morgan fingerprint density at radius 1 is 1.40 bits per heavy atom. The maximum absolute atomic E-state index is 9.43. The quantitative estimate of drug-likeness (QED) is 0.801. The molecule has 0 aliphatic carbocycles. The molecule has 2 N–H and O–H groups in total. The Balaban J connectivity index is 1.94. The van der Waals surface area contributed by atoms with E-state index in [1.807, 2.05) is 12.1 Å². The van der Waals surface area contributed by atoms with Crippen molar-refractivity contribution in [2.75, 3.05) is 37.7 Å². The van der Waals surface area contributed by atoms with Crippen molar-refractivity contribution in [3.05, 3.63) is 24.3 Å². The third kappa shape index (κ3) is 4.12. The summed E-state index contributed by atoms with van der Waals surface area (Å²) in [6.45, 7) is 6.05. The third-order valence-electron chi connectivity index (χ3n) is 3.69. The van der Waals surface area contributed by atoms with Crippen molar-refractivity contribution < 1.29 is 9.84 Å². The number of para-hydroxylation sites is 2. The number of rotatable bonds is 7. The molecule has 2 rings (SSSR count). The SMILES string of the molecule is CCCNC(CO)CCN1CCCOc2ccccc21. The minimum absolute atomic E-state index is 0.186. The van der Waals surface area contributed by atoms with Crippen LogP contribution in [-0.4, -0.2) is 44.0 Å². The second-order valence-corrected chi connectivity index (χ2v) is 5.28. The summed E-state index contributed by atoms with van der Waals surface area (Å²) in [4.78, 5) is 2.37. The van der Waals surface area contributed by atoms with Crippen molar-refractivity contribution in [1.82, 2.24) is 5.32 Å². The van der Waals surface area contributed by atoms with Crippen LogP contribution in [0.2, 0.25) is 0 Å². The Hall–Kier alpha value is -1.26. The van der Waals surface area contributed by atoms with Gasteiger partial charge in [-0.25, -0.2) is 0 Å². The highest BCUT2D eigenvalue weighted by molar-refractivity contribution is 5.58. The van der Waals surface area contributed by atoms with Gasteiger partial charge in [0, 0.05) is 19.1 Å². The van der Waals surface area contributed by atoms with Crippen LogP contribution in [0.4, 0.5) is 5.69 Å². The summed E-state index contributed by atoms with van der Waals surface area (Å²) in [6, 6.07) is 8.41. The molecule has 1 aliphatic heterocycles. The van der Waals surface area contributed by atoms with Crippen LogP contribution >= 0.6 is 0 Å². The number of hydrogen-bond donors (Lipinski definition) is 2. The number of anilines is 1. The summed E-state index contributed by atoms with van der Waals surface area (Å²) in [7, 11) is 0. The molecule has 0 saturated heterocycles. The van der Waals surface area contributed by atoms with Gasteiger partial charge in [0.1, 0.15) is 5.75 Å². The van der Waals surface area contributed by atoms with E-state index in [1.54, 1.807) is 0 Å². The van der Waals surface area contributed by atoms with Crippen LogP contribution in [0.3, 0.4) is 0 Å². The van der Waals surface area contributed by atoms with Crippen LogP contribution < -0.4 is 15.0 Å². The van der Waals surface area contributed by atoms with Crippen LogP contribution in [0, 0.1) is 0 Å². The van der Waals surface area contributed by atoms with E-state index in [2.05, 4.69) is 29.3 Å². The molecule has 1 aliphatic rings. The lowest BCUT2D eigenvalue weighted by molar-refractivity contribution is 0.237. The van der Waals surface area contributed by atoms with E-state index in [1.165, 1.54) is 5.69 Å². The predicted molar refractivity (Wildman–Crippen MR) is 82.6 cm³/mol. The largest absolute Gasteiger partial charge is 0.491 e. The first-order chi connectivity index (χ1) is 9.85. The van der Waals surface area contributed by atoms with E-state index in [4.69, 9.17) is 4.74 Å². The first kappa shape index (κ1) is 15.1. The molecule has 1 aromatic rings. The minimum Gasteiger partial charge on any atom is -0.491 e. The molecule has 0 radical (unpaired) electrons. The fourth-order valence-electron chi connectivity index (χ4n) is 2.55. The number of ether oxygens (including phenoxy) is 1. The topological polar surface area (TPSA) is 44.7 Å². The number of aliphatic hydroxyl groups is 1. The highest BCUT2D eigenvalue weighted by Gasteiger charge is 2.17. The molecule has 4 nitrogen and oxygen atoms in total. The Labute approximate surface area is 121 Å². The first-order valence-corrected chi connectivity index (χ1v) is 7.66. The molecule has 0 spiro atoms. The summed E-state index contributed by atoms with van der Waals surface area (Å²) < 4.78 is 5.77. The number of aliphatic hydroxyl groups excluding tert-OH is 1. The van der Waals surface area contributed by atoms with Crippen LogP contribution in [0.15, 0.2) is 24.3 Å². The standard InChI is InChI=1S/C16H26N2O2/c1-2-9-17-14(13-19)8-11-18-10-5-12-20-16-7-4-3-6-15(16)18/h3-4,6-7,14,17,19H,2,5,8-13H2,1H3. The zero-order valence-electron chi connectivity index (χ0n) is 12.3. The highest BCUT2D eigenvalue weighted by Crippen LogP contribution is 2.30. The van der Waals surface area contributed by atoms with Gasteiger partial charge in [0.05, 0.1) is 18.9 Å². The summed E-state index contributed by atoms with van der Waals surface area (Å²) in [5.41, 5.74) is 1.18. The van der Waals surface area contributed by atoms with Crippen LogP contribution in [0.25, 0.3) is 0 Å². The Morgan fingerprint density at radius 3 is 3.05 bits per heavy atom. The second-order valence-electron chi connectivity index (χ2n) is 5.28. The van der Waals surface area contributed by atoms with Gasteiger partial charge in [0.25, 0.3) is 0 Å². The van der Waals surface area contributed by atoms with Gasteiger partial charge in [0.2, 0.25) is 0 Å². The van der Waals surface area contributed by atoms with Gasteiger partial charge in [-0.3, -0.25) is 0 Å². The van der Waals surface area contributed by atoms with Crippen molar-refractivity contribution in [1.29, 1.82) is 0 Å². The zero-order valence-corrected chi connectivity index (χ0v) is 12.3. The van der Waals surface area contributed by atoms with Gasteiger partial charge in [-0.1, -0.05) is 19.1 Å². The van der Waals surface area contributed by atoms with Crippen molar-refractivity contribution in [2.24, 2.45) is 0 Å². The molecular formula is C16H26N2O2. The van der Waals surface area contributed by atoms with Gasteiger partial charge >= 0.3 is 0 Å². The first-order valence-electron chi connectivity index (χ1n) is 7.66. The molecule has 0 bridgehead atoms. The number of nitrogens with zero attached hydrogens (tertiary/aromatic N) is 1. The van der Waals surface area contributed by atoms with Crippen molar-refractivity contribution in [2.45, 2.75) is 32.2 Å². The fraction of sp³-hybridized carbons (Fsp3) is 0.625. The lowest BCUT2D eigenvalue weighted by atomic mass is 10.2. The molecular weight excluding hydrogens is 252 g/mol. The molecule has 0 saturated carbocycles. The van der Waals surface area contributed by atoms with E-state index < -0.39 is 0 Å². The number of fused-ring (bicyclic) bond motifs is 1. The van der Waals surface area contributed by atoms with Gasteiger partial charge in [-0.15, -0.1) is 0 Å². The van der Waals surface area contributed by atoms with Crippen molar-refractivity contribution in [3.8, 4) is 5.75 Å². The average Bonchev–Trinajstić information content (AvgIpc) is 2.70. The molecule has 1 aromatic carbocycles. The number of hydrogen-bond acceptors (Lipinski definition) is 4. The minimum atomic E-state index is 0.186. The highest BCUT2D eigenvalue weighted by atomic mass is 16.5. The third-order valence-corrected chi connectivity index (χ3v) is 3.69. The molecule has 4 heteroatoms. The Bertz CT molecular complexity index is 398. The van der Waals surface area contributed by atoms with Gasteiger partial charge in [-0.05, 0) is 37.9 Å². The van der Waals surface area contributed by atoms with E-state index >= 15 is 0 Å². The monoisotopic (exact) mass is 278 g/mol. The zero-order chi connectivity index (χ0) is 14.2. The maximum atomic E-state index is 9.43. The molecule has 1 heterocycles.